The molecule has 0 amide bonds. The smallest absolute Gasteiger partial charge is 0.0236 e. The summed E-state index contributed by atoms with van der Waals surface area (Å²) in [6.45, 7) is 67.0. The van der Waals surface area contributed by atoms with Crippen molar-refractivity contribution in [2.24, 2.45) is 103 Å². The lowest BCUT2D eigenvalue weighted by Gasteiger charge is -2.53. The molecule has 0 aromatic heterocycles. The molecule has 0 radical (unpaired) electrons. The third-order valence-corrected chi connectivity index (χ3v) is 41.2. The molecule has 0 saturated heterocycles. The van der Waals surface area contributed by atoms with Crippen molar-refractivity contribution in [3.63, 3.8) is 0 Å². The van der Waals surface area contributed by atoms with E-state index in [0.29, 0.717) is 54.1 Å². The van der Waals surface area contributed by atoms with Crippen LogP contribution in [0.5, 0.6) is 0 Å². The van der Waals surface area contributed by atoms with Crippen molar-refractivity contribution < 1.29 is 8.22 Å². The molecule has 14 aliphatic carbocycles. The van der Waals surface area contributed by atoms with Crippen LogP contribution in [0, 0.1) is 103 Å². The minimum Gasteiger partial charge on any atom is -0.0648 e. The Labute approximate surface area is 712 Å². The van der Waals surface area contributed by atoms with E-state index in [4.69, 9.17) is 8.22 Å². The molecule has 2 aromatic carbocycles. The van der Waals surface area contributed by atoms with Crippen LogP contribution in [0.4, 0.5) is 0 Å². The van der Waals surface area contributed by atoms with Gasteiger partial charge in [0, 0.05) is 13.6 Å². The molecule has 0 bridgehead atoms. The van der Waals surface area contributed by atoms with E-state index in [1.165, 1.54) is 292 Å². The largest absolute Gasteiger partial charge is 0.0648 e. The van der Waals surface area contributed by atoms with E-state index in [1.54, 1.807) is 0 Å². The van der Waals surface area contributed by atoms with E-state index >= 15 is 0 Å². The fourth-order valence-corrected chi connectivity index (χ4v) is 26.2. The van der Waals surface area contributed by atoms with Crippen molar-refractivity contribution in [3.8, 4) is 11.1 Å². The van der Waals surface area contributed by atoms with Crippen LogP contribution < -0.4 is 0 Å². The van der Waals surface area contributed by atoms with Crippen LogP contribution in [-0.2, 0) is 5.41 Å². The van der Waals surface area contributed by atoms with Crippen molar-refractivity contribution in [2.45, 2.75) is 535 Å². The number of benzene rings is 2. The average Bonchev–Trinajstić information content (AvgIpc) is 1.55. The van der Waals surface area contributed by atoms with E-state index < -0.39 is 24.5 Å². The number of rotatable bonds is 3. The van der Waals surface area contributed by atoms with E-state index in [-0.39, 0.29) is 21.7 Å². The summed E-state index contributed by atoms with van der Waals surface area (Å²) in [5.41, 5.74) is 14.4. The predicted octanol–water partition coefficient (Wildman–Crippen LogP) is 38.1. The molecule has 0 unspecified atom stereocenters. The van der Waals surface area contributed by atoms with Crippen LogP contribution in [0.15, 0.2) is 48.5 Å². The van der Waals surface area contributed by atoms with Crippen molar-refractivity contribution in [3.05, 3.63) is 59.7 Å². The average molecular weight is 1550 g/mol. The molecule has 16 rings (SSSR count). The number of hydrogen-bond donors (Lipinski definition) is 0. The maximum absolute atomic E-state index is 7.51. The van der Waals surface area contributed by atoms with Gasteiger partial charge in [-0.3, -0.25) is 0 Å². The summed E-state index contributed by atoms with van der Waals surface area (Å²) < 4.78 is 45.1. The fourth-order valence-electron chi connectivity index (χ4n) is 26.2. The lowest BCUT2D eigenvalue weighted by molar-refractivity contribution is -0.0261. The molecule has 13 saturated carbocycles. The second kappa shape index (κ2) is 37.0. The van der Waals surface area contributed by atoms with Crippen molar-refractivity contribution in [2.75, 3.05) is 0 Å². The summed E-state index contributed by atoms with van der Waals surface area (Å²) in [5, 5.41) is 0. The zero-order valence-corrected chi connectivity index (χ0v) is 81.6. The molecule has 0 spiro atoms. The molecule has 13 fully saturated rings. The molecule has 0 nitrogen and oxygen atoms in total. The SMILES string of the molecule is CC(C)(C)C1(C)c2ccccc2-c2ccccc21.CC1(C)CCCC1(C)C.CC1(C)CCCC1(C)C.CC1(C2(C)CCCCC2)CCCCC1.CC12CCCC1(C)CCC2.CC12CCCCC1(C)CCCC2.CC[C@@]1(C)CCC[C@@]1(C)CC.C[C@@]12CCCC[C@]1(C)CCC2.[2H]C([2H])([2H])[C@]1(C)CCCC1(C)C.[2H]C([2H])([2H])[C@]1(C)CCCC1(C)C. The van der Waals surface area contributed by atoms with Crippen LogP contribution in [0.3, 0.4) is 0 Å². The fraction of sp³-hybridized carbons (Fsp3) is 0.893. The molecule has 648 valence electrons. The van der Waals surface area contributed by atoms with Gasteiger partial charge in [0.25, 0.3) is 0 Å². The zero-order valence-electron chi connectivity index (χ0n) is 87.6. The van der Waals surface area contributed by atoms with Gasteiger partial charge in [-0.1, -0.05) is 411 Å². The Balaban J connectivity index is 0.000000182. The third-order valence-electron chi connectivity index (χ3n) is 41.2. The quantitative estimate of drug-likeness (QED) is 0.287. The lowest BCUT2D eigenvalue weighted by Crippen LogP contribution is -2.42. The Morgan fingerprint density at radius 3 is 0.562 bits per heavy atom. The molecule has 0 N–H and O–H groups in total. The van der Waals surface area contributed by atoms with Crippen molar-refractivity contribution in [1.29, 1.82) is 0 Å². The van der Waals surface area contributed by atoms with Crippen molar-refractivity contribution in [1.82, 2.24) is 0 Å². The van der Waals surface area contributed by atoms with Gasteiger partial charge in [-0.05, 0) is 292 Å². The van der Waals surface area contributed by atoms with E-state index in [0.717, 1.165) is 60.2 Å². The summed E-state index contributed by atoms with van der Waals surface area (Å²) in [7, 11) is 0. The van der Waals surface area contributed by atoms with Gasteiger partial charge < -0.3 is 0 Å². The van der Waals surface area contributed by atoms with Gasteiger partial charge in [0.1, 0.15) is 0 Å². The molecule has 0 heterocycles. The Morgan fingerprint density at radius 2 is 0.393 bits per heavy atom. The van der Waals surface area contributed by atoms with Crippen LogP contribution in [0.25, 0.3) is 11.1 Å². The van der Waals surface area contributed by atoms with Gasteiger partial charge >= 0.3 is 0 Å². The van der Waals surface area contributed by atoms with Gasteiger partial charge in [-0.25, -0.2) is 0 Å². The van der Waals surface area contributed by atoms with Gasteiger partial charge in [-0.2, -0.15) is 0 Å². The normalized spacial score (nSPS) is 38.4. The minimum absolute atomic E-state index is 0.0295. The first-order valence-electron chi connectivity index (χ1n) is 52.2. The first-order valence-corrected chi connectivity index (χ1v) is 49.2. The molecule has 112 heavy (non-hydrogen) atoms. The van der Waals surface area contributed by atoms with Gasteiger partial charge in [0.15, 0.2) is 0 Å². The molecule has 14 aliphatic rings. The highest BCUT2D eigenvalue weighted by Crippen LogP contribution is 2.65. The first-order chi connectivity index (χ1) is 54.0. The van der Waals surface area contributed by atoms with Crippen LogP contribution >= 0.6 is 0 Å². The summed E-state index contributed by atoms with van der Waals surface area (Å²) in [6, 6.07) is 17.7. The minimum atomic E-state index is -1.80. The lowest BCUT2D eigenvalue weighted by atomic mass is 9.52. The zero-order chi connectivity index (χ0) is 88.9. The van der Waals surface area contributed by atoms with E-state index in [1.807, 2.05) is 13.8 Å². The van der Waals surface area contributed by atoms with E-state index in [2.05, 4.69) is 242 Å². The Kier molecular flexibility index (Phi) is 29.2. The summed E-state index contributed by atoms with van der Waals surface area (Å²) in [4.78, 5) is 0. The van der Waals surface area contributed by atoms with Gasteiger partial charge in [-0.15, -0.1) is 0 Å². The number of fused-ring (bicyclic) bond motifs is 6. The summed E-state index contributed by atoms with van der Waals surface area (Å²) in [6.07, 6.45) is 67.9. The standard InChI is InChI=1S/C18H20.C14H26.C12H22.C11H20.C11H22.C10H18.4C9H18/c1-17(2,3)18(4)15-11-7-5-9-13(15)14-10-6-8-12-16(14)18;1-13(9-5-3-6-10-13)14(2)11-7-4-8-12-14;1-11-7-3-5-9-12(11,2)10-6-4-8-11;1-10-6-3-4-7-11(10,2)9-5-8-10;1-5-10(3)8-7-9-11(10,4)6-2;1-9-5-3-7-10(9,2)8-4-6-9;4*1-8(2)6-5-7-9(8,3)4/h5-12H,1-4H3;3-12H2,1-2H3;3-10H2,1-2H3;3-9H2,1-2H3;5-9H2,1-4H3;3-8H2,1-2H3;4*5-7H2,1-4H3/t;;;2*10-,11+;;;;;/i;;;;;;2*1D3;;/t;;;;;;2*8-;;/m......00../s1. The third kappa shape index (κ3) is 21.1. The molecule has 0 heteroatoms. The Bertz CT molecular complexity index is 3130. The molecule has 0 aliphatic heterocycles. The monoisotopic (exact) mass is 1550 g/mol. The molecule has 6 atom stereocenters. The maximum atomic E-state index is 7.51. The second-order valence-electron chi connectivity index (χ2n) is 50.3. The summed E-state index contributed by atoms with van der Waals surface area (Å²) in [5.74, 6) is 0. The highest BCUT2D eigenvalue weighted by molar-refractivity contribution is 5.81. The van der Waals surface area contributed by atoms with Crippen molar-refractivity contribution >= 4 is 0 Å². The van der Waals surface area contributed by atoms with Crippen LogP contribution in [0.2, 0.25) is 0 Å². The van der Waals surface area contributed by atoms with Gasteiger partial charge in [0.05, 0.1) is 0 Å². The van der Waals surface area contributed by atoms with Gasteiger partial charge in [0.2, 0.25) is 0 Å². The molecular formula is C112H200. The maximum Gasteiger partial charge on any atom is 0.0236 e. The molecule has 2 aromatic rings. The Morgan fingerprint density at radius 1 is 0.223 bits per heavy atom. The highest BCUT2D eigenvalue weighted by atomic mass is 14.6. The number of hydrogen-bond acceptors (Lipinski definition) is 0. The highest BCUT2D eigenvalue weighted by Gasteiger charge is 2.54. The molecular weight excluding hydrogens is 1350 g/mol. The topological polar surface area (TPSA) is 0 Å². The predicted molar refractivity (Wildman–Crippen MR) is 502 cm³/mol. The Hall–Kier alpha value is -1.56. The summed E-state index contributed by atoms with van der Waals surface area (Å²) >= 11 is 0. The van der Waals surface area contributed by atoms with Crippen LogP contribution in [-0.4, -0.2) is 0 Å². The first kappa shape index (κ1) is 88.2. The van der Waals surface area contributed by atoms with E-state index in [9.17, 15) is 0 Å². The van der Waals surface area contributed by atoms with Crippen LogP contribution in [0.1, 0.15) is 549 Å². The second-order valence-corrected chi connectivity index (χ2v) is 50.3.